The van der Waals surface area contributed by atoms with Gasteiger partial charge in [0.1, 0.15) is 0 Å². The molecule has 14 heavy (non-hydrogen) atoms. The van der Waals surface area contributed by atoms with E-state index in [0.29, 0.717) is 0 Å². The second-order valence-electron chi connectivity index (χ2n) is 3.51. The first-order valence-corrected chi connectivity index (χ1v) is 5.46. The average molecular weight is 255 g/mol. The van der Waals surface area contributed by atoms with Crippen LogP contribution < -0.4 is 5.32 Å². The van der Waals surface area contributed by atoms with E-state index in [1.807, 2.05) is 6.07 Å². The minimum absolute atomic E-state index is 0.121. The highest BCUT2D eigenvalue weighted by atomic mass is 79.9. The summed E-state index contributed by atoms with van der Waals surface area (Å²) in [6.45, 7) is 0. The summed E-state index contributed by atoms with van der Waals surface area (Å²) in [7, 11) is 0. The number of nitrogens with zero attached hydrogens (tertiary/aromatic N) is 1. The lowest BCUT2D eigenvalue weighted by Gasteiger charge is -2.23. The number of aromatic nitrogens is 1. The number of carbonyl (C=O) groups excluding carboxylic acids is 1. The van der Waals surface area contributed by atoms with Crippen LogP contribution in [0.2, 0.25) is 0 Å². The van der Waals surface area contributed by atoms with Gasteiger partial charge in [0.25, 0.3) is 0 Å². The molecular formula is C10H11BrN2O. The van der Waals surface area contributed by atoms with E-state index in [9.17, 15) is 4.79 Å². The molecule has 0 unspecified atom stereocenters. The van der Waals surface area contributed by atoms with Crippen molar-refractivity contribution in [1.29, 1.82) is 0 Å². The van der Waals surface area contributed by atoms with Gasteiger partial charge in [0.05, 0.1) is 11.9 Å². The molecule has 1 amide bonds. The Hall–Kier alpha value is -0.900. The molecule has 0 radical (unpaired) electrons. The normalized spacial score (nSPS) is 16.1. The van der Waals surface area contributed by atoms with Gasteiger partial charge in [-0.15, -0.1) is 0 Å². The lowest BCUT2D eigenvalue weighted by molar-refractivity contribution is -0.122. The molecule has 0 aromatic carbocycles. The van der Waals surface area contributed by atoms with Gasteiger partial charge in [-0.2, -0.15) is 0 Å². The summed E-state index contributed by atoms with van der Waals surface area (Å²) >= 11 is 3.31. The maximum absolute atomic E-state index is 11.6. The predicted octanol–water partition coefficient (Wildman–Crippen LogP) is 2.58. The van der Waals surface area contributed by atoms with Crippen LogP contribution in [-0.4, -0.2) is 10.9 Å². The molecule has 1 aromatic heterocycles. The van der Waals surface area contributed by atoms with Gasteiger partial charge in [0.15, 0.2) is 0 Å². The zero-order chi connectivity index (χ0) is 9.97. The number of anilines is 1. The summed E-state index contributed by atoms with van der Waals surface area (Å²) < 4.78 is 0.879. The zero-order valence-electron chi connectivity index (χ0n) is 7.66. The smallest absolute Gasteiger partial charge is 0.227 e. The SMILES string of the molecule is O=C(Nc1cncc(Br)c1)C1CCC1. The minimum atomic E-state index is 0.121. The fourth-order valence-corrected chi connectivity index (χ4v) is 1.76. The van der Waals surface area contributed by atoms with E-state index in [-0.39, 0.29) is 11.8 Å². The van der Waals surface area contributed by atoms with Crippen molar-refractivity contribution in [3.63, 3.8) is 0 Å². The Balaban J connectivity index is 1.99. The van der Waals surface area contributed by atoms with Gasteiger partial charge in [-0.25, -0.2) is 0 Å². The third-order valence-corrected chi connectivity index (χ3v) is 2.88. The molecule has 3 nitrogen and oxygen atoms in total. The lowest BCUT2D eigenvalue weighted by Crippen LogP contribution is -2.28. The van der Waals surface area contributed by atoms with Crippen LogP contribution in [0.15, 0.2) is 22.9 Å². The summed E-state index contributed by atoms with van der Waals surface area (Å²) in [4.78, 5) is 15.5. The first kappa shape index (κ1) is 9.65. The van der Waals surface area contributed by atoms with Crippen LogP contribution in [0, 0.1) is 5.92 Å². The number of carbonyl (C=O) groups is 1. The highest BCUT2D eigenvalue weighted by Gasteiger charge is 2.25. The Kier molecular flexibility index (Phi) is 2.82. The number of amides is 1. The largest absolute Gasteiger partial charge is 0.324 e. The van der Waals surface area contributed by atoms with Crippen LogP contribution in [0.5, 0.6) is 0 Å². The Labute approximate surface area is 91.0 Å². The monoisotopic (exact) mass is 254 g/mol. The molecule has 1 heterocycles. The first-order valence-electron chi connectivity index (χ1n) is 4.67. The van der Waals surface area contributed by atoms with Gasteiger partial charge in [0.2, 0.25) is 5.91 Å². The zero-order valence-corrected chi connectivity index (χ0v) is 9.25. The molecule has 0 spiro atoms. The molecule has 1 aliphatic rings. The molecule has 0 saturated heterocycles. The lowest BCUT2D eigenvalue weighted by atomic mass is 9.85. The third kappa shape index (κ3) is 2.12. The van der Waals surface area contributed by atoms with Crippen molar-refractivity contribution >= 4 is 27.5 Å². The van der Waals surface area contributed by atoms with Crippen LogP contribution in [0.4, 0.5) is 5.69 Å². The summed E-state index contributed by atoms with van der Waals surface area (Å²) in [5, 5.41) is 2.85. The number of hydrogen-bond donors (Lipinski definition) is 1. The van der Waals surface area contributed by atoms with Gasteiger partial charge >= 0.3 is 0 Å². The van der Waals surface area contributed by atoms with Gasteiger partial charge in [-0.3, -0.25) is 9.78 Å². The van der Waals surface area contributed by atoms with E-state index in [1.54, 1.807) is 12.4 Å². The molecule has 74 valence electrons. The Morgan fingerprint density at radius 2 is 2.29 bits per heavy atom. The molecule has 0 atom stereocenters. The average Bonchev–Trinajstić information content (AvgIpc) is 1.99. The third-order valence-electron chi connectivity index (χ3n) is 2.45. The van der Waals surface area contributed by atoms with Crippen LogP contribution in [0.1, 0.15) is 19.3 Å². The summed E-state index contributed by atoms with van der Waals surface area (Å²) in [6.07, 6.45) is 6.57. The van der Waals surface area contributed by atoms with Crippen LogP contribution in [0.3, 0.4) is 0 Å². The van der Waals surface area contributed by atoms with Crippen molar-refractivity contribution < 1.29 is 4.79 Å². The highest BCUT2D eigenvalue weighted by molar-refractivity contribution is 9.10. The van der Waals surface area contributed by atoms with Crippen molar-refractivity contribution in [3.8, 4) is 0 Å². The number of halogens is 1. The van der Waals surface area contributed by atoms with Gasteiger partial charge in [0, 0.05) is 16.6 Å². The molecular weight excluding hydrogens is 244 g/mol. The molecule has 4 heteroatoms. The van der Waals surface area contributed by atoms with E-state index < -0.39 is 0 Å². The summed E-state index contributed by atoms with van der Waals surface area (Å²) in [6, 6.07) is 1.85. The first-order chi connectivity index (χ1) is 6.75. The Morgan fingerprint density at radius 3 is 2.86 bits per heavy atom. The van der Waals surface area contributed by atoms with E-state index in [4.69, 9.17) is 0 Å². The summed E-state index contributed by atoms with van der Waals surface area (Å²) in [5.41, 5.74) is 0.760. The fourth-order valence-electron chi connectivity index (χ4n) is 1.39. The minimum Gasteiger partial charge on any atom is -0.324 e. The second-order valence-corrected chi connectivity index (χ2v) is 4.42. The van der Waals surface area contributed by atoms with Crippen molar-refractivity contribution in [1.82, 2.24) is 4.98 Å². The number of nitrogens with one attached hydrogen (secondary N) is 1. The van der Waals surface area contributed by atoms with Crippen molar-refractivity contribution in [2.24, 2.45) is 5.92 Å². The molecule has 1 aliphatic carbocycles. The van der Waals surface area contributed by atoms with Crippen LogP contribution in [-0.2, 0) is 4.79 Å². The van der Waals surface area contributed by atoms with Gasteiger partial charge < -0.3 is 5.32 Å². The van der Waals surface area contributed by atoms with Gasteiger partial charge in [-0.05, 0) is 34.8 Å². The molecule has 1 aromatic rings. The van der Waals surface area contributed by atoms with Crippen molar-refractivity contribution in [2.75, 3.05) is 5.32 Å². The van der Waals surface area contributed by atoms with E-state index in [2.05, 4.69) is 26.2 Å². The predicted molar refractivity (Wildman–Crippen MR) is 57.9 cm³/mol. The maximum atomic E-state index is 11.6. The standard InChI is InChI=1S/C10H11BrN2O/c11-8-4-9(6-12-5-8)13-10(14)7-2-1-3-7/h4-7H,1-3H2,(H,13,14). The highest BCUT2D eigenvalue weighted by Crippen LogP contribution is 2.27. The quantitative estimate of drug-likeness (QED) is 0.882. The molecule has 1 N–H and O–H groups in total. The van der Waals surface area contributed by atoms with Crippen LogP contribution >= 0.6 is 15.9 Å². The van der Waals surface area contributed by atoms with E-state index >= 15 is 0 Å². The van der Waals surface area contributed by atoms with Crippen molar-refractivity contribution in [2.45, 2.75) is 19.3 Å². The molecule has 0 aliphatic heterocycles. The topological polar surface area (TPSA) is 42.0 Å². The molecule has 2 rings (SSSR count). The Morgan fingerprint density at radius 1 is 1.50 bits per heavy atom. The van der Waals surface area contributed by atoms with E-state index in [1.165, 1.54) is 6.42 Å². The number of pyridine rings is 1. The summed E-state index contributed by atoms with van der Waals surface area (Å²) in [5.74, 6) is 0.338. The fraction of sp³-hybridized carbons (Fsp3) is 0.400. The molecule has 1 saturated carbocycles. The second kappa shape index (κ2) is 4.09. The molecule has 0 bridgehead atoms. The van der Waals surface area contributed by atoms with Gasteiger partial charge in [-0.1, -0.05) is 6.42 Å². The van der Waals surface area contributed by atoms with E-state index in [0.717, 1.165) is 23.0 Å². The van der Waals surface area contributed by atoms with Crippen molar-refractivity contribution in [3.05, 3.63) is 22.9 Å². The van der Waals surface area contributed by atoms with Crippen LogP contribution in [0.25, 0.3) is 0 Å². The number of rotatable bonds is 2. The maximum Gasteiger partial charge on any atom is 0.227 e. The Bertz CT molecular complexity index is 350. The number of hydrogen-bond acceptors (Lipinski definition) is 2. The molecule has 1 fully saturated rings.